The molecule has 2 N–H and O–H groups in total. The van der Waals surface area contributed by atoms with Gasteiger partial charge in [0.15, 0.2) is 0 Å². The molecule has 3 aromatic rings. The van der Waals surface area contributed by atoms with Gasteiger partial charge < -0.3 is 10.3 Å². The van der Waals surface area contributed by atoms with Gasteiger partial charge in [0.25, 0.3) is 5.56 Å². The van der Waals surface area contributed by atoms with E-state index in [9.17, 15) is 4.79 Å². The van der Waals surface area contributed by atoms with Crippen LogP contribution in [0.1, 0.15) is 12.5 Å². The highest BCUT2D eigenvalue weighted by molar-refractivity contribution is 6.35. The Balaban J connectivity index is 2.36. The molecule has 112 valence electrons. The van der Waals surface area contributed by atoms with E-state index in [4.69, 9.17) is 17.3 Å². The van der Waals surface area contributed by atoms with E-state index in [1.54, 1.807) is 29.9 Å². The second kappa shape index (κ2) is 5.46. The number of rotatable bonds is 2. The van der Waals surface area contributed by atoms with Crippen LogP contribution in [0.25, 0.3) is 22.0 Å². The summed E-state index contributed by atoms with van der Waals surface area (Å²) in [6, 6.07) is 9.11. The number of halogens is 1. The van der Waals surface area contributed by atoms with Crippen LogP contribution in [0.4, 0.5) is 5.82 Å². The zero-order valence-corrected chi connectivity index (χ0v) is 13.2. The third kappa shape index (κ3) is 2.35. The minimum absolute atomic E-state index is 0.0438. The lowest BCUT2D eigenvalue weighted by molar-refractivity contribution is 0.853. The summed E-state index contributed by atoms with van der Waals surface area (Å²) in [6.45, 7) is 2.06. The van der Waals surface area contributed by atoms with Crippen LogP contribution in [0.5, 0.6) is 0 Å². The third-order valence-corrected chi connectivity index (χ3v) is 4.17. The number of benzene rings is 1. The van der Waals surface area contributed by atoms with Crippen LogP contribution in [-0.2, 0) is 13.5 Å². The number of aromatic nitrogens is 2. The average molecular weight is 314 g/mol. The van der Waals surface area contributed by atoms with Gasteiger partial charge in [-0.25, -0.2) is 4.98 Å². The normalized spacial score (nSPS) is 11.0. The first-order valence-corrected chi connectivity index (χ1v) is 7.43. The van der Waals surface area contributed by atoms with Crippen LogP contribution in [0, 0.1) is 0 Å². The Hall–Kier alpha value is -2.33. The van der Waals surface area contributed by atoms with E-state index in [0.717, 1.165) is 34.0 Å². The van der Waals surface area contributed by atoms with E-state index >= 15 is 0 Å². The lowest BCUT2D eigenvalue weighted by Gasteiger charge is -2.14. The molecule has 0 aliphatic rings. The van der Waals surface area contributed by atoms with Gasteiger partial charge in [-0.1, -0.05) is 24.6 Å². The van der Waals surface area contributed by atoms with Crippen molar-refractivity contribution >= 4 is 28.2 Å². The van der Waals surface area contributed by atoms with Gasteiger partial charge in [0, 0.05) is 30.3 Å². The lowest BCUT2D eigenvalue weighted by Crippen LogP contribution is -2.18. The molecule has 3 rings (SSSR count). The number of anilines is 1. The number of hydrogen-bond acceptors (Lipinski definition) is 3. The number of fused-ring (bicyclic) bond motifs is 1. The Labute approximate surface area is 133 Å². The molecule has 2 heterocycles. The maximum absolute atomic E-state index is 12.0. The smallest absolute Gasteiger partial charge is 0.250 e. The maximum Gasteiger partial charge on any atom is 0.250 e. The molecule has 0 amide bonds. The van der Waals surface area contributed by atoms with Crippen molar-refractivity contribution in [3.8, 4) is 11.3 Å². The monoisotopic (exact) mass is 313 g/mol. The lowest BCUT2D eigenvalue weighted by atomic mass is 10.0. The van der Waals surface area contributed by atoms with Gasteiger partial charge in [-0.2, -0.15) is 0 Å². The SMILES string of the molecule is CCc1ccc(=O)n(C)c1-c1cc(Cl)c2cnc(N)cc2c1. The summed E-state index contributed by atoms with van der Waals surface area (Å²) in [4.78, 5) is 16.1. The van der Waals surface area contributed by atoms with Gasteiger partial charge >= 0.3 is 0 Å². The molecule has 1 aromatic carbocycles. The van der Waals surface area contributed by atoms with Crippen LogP contribution in [0.2, 0.25) is 5.02 Å². The number of nitrogens with zero attached hydrogens (tertiary/aromatic N) is 2. The predicted molar refractivity (Wildman–Crippen MR) is 91.2 cm³/mol. The van der Waals surface area contributed by atoms with Crippen molar-refractivity contribution in [1.82, 2.24) is 9.55 Å². The van der Waals surface area contributed by atoms with Gasteiger partial charge in [-0.3, -0.25) is 4.79 Å². The molecule has 0 fully saturated rings. The van der Waals surface area contributed by atoms with Crippen LogP contribution < -0.4 is 11.3 Å². The van der Waals surface area contributed by atoms with Crippen LogP contribution >= 0.6 is 11.6 Å². The molecule has 0 radical (unpaired) electrons. The highest BCUT2D eigenvalue weighted by atomic mass is 35.5. The van der Waals surface area contributed by atoms with Crippen molar-refractivity contribution in [2.75, 3.05) is 5.73 Å². The van der Waals surface area contributed by atoms with E-state index in [1.807, 2.05) is 18.2 Å². The highest BCUT2D eigenvalue weighted by Gasteiger charge is 2.12. The molecular weight excluding hydrogens is 298 g/mol. The van der Waals surface area contributed by atoms with E-state index in [2.05, 4.69) is 11.9 Å². The minimum Gasteiger partial charge on any atom is -0.384 e. The van der Waals surface area contributed by atoms with Gasteiger partial charge in [-0.15, -0.1) is 0 Å². The molecule has 0 saturated carbocycles. The van der Waals surface area contributed by atoms with Crippen molar-refractivity contribution in [3.63, 3.8) is 0 Å². The molecule has 0 aliphatic carbocycles. The van der Waals surface area contributed by atoms with Crippen LogP contribution in [-0.4, -0.2) is 9.55 Å². The quantitative estimate of drug-likeness (QED) is 0.788. The van der Waals surface area contributed by atoms with Crippen molar-refractivity contribution < 1.29 is 0 Å². The largest absolute Gasteiger partial charge is 0.384 e. The third-order valence-electron chi connectivity index (χ3n) is 3.86. The maximum atomic E-state index is 12.0. The molecule has 0 spiro atoms. The van der Waals surface area contributed by atoms with Gasteiger partial charge in [0.2, 0.25) is 0 Å². The van der Waals surface area contributed by atoms with E-state index in [0.29, 0.717) is 10.8 Å². The molecule has 0 unspecified atom stereocenters. The topological polar surface area (TPSA) is 60.9 Å². The number of nitrogen functional groups attached to an aromatic ring is 1. The summed E-state index contributed by atoms with van der Waals surface area (Å²) in [5, 5.41) is 2.35. The summed E-state index contributed by atoms with van der Waals surface area (Å²) in [5.41, 5.74) is 8.60. The first kappa shape index (κ1) is 14.6. The van der Waals surface area contributed by atoms with Crippen molar-refractivity contribution in [3.05, 3.63) is 57.5 Å². The van der Waals surface area contributed by atoms with Crippen LogP contribution in [0.15, 0.2) is 41.3 Å². The van der Waals surface area contributed by atoms with Gasteiger partial charge in [0.1, 0.15) is 5.82 Å². The highest BCUT2D eigenvalue weighted by Crippen LogP contribution is 2.32. The molecule has 4 nitrogen and oxygen atoms in total. The Morgan fingerprint density at radius 3 is 2.77 bits per heavy atom. The fraction of sp³-hybridized carbons (Fsp3) is 0.176. The average Bonchev–Trinajstić information content (AvgIpc) is 2.49. The number of hydrogen-bond donors (Lipinski definition) is 1. The molecule has 2 aromatic heterocycles. The van der Waals surface area contributed by atoms with Crippen molar-refractivity contribution in [1.29, 1.82) is 0 Å². The Bertz CT molecular complexity index is 931. The molecule has 0 atom stereocenters. The zero-order valence-electron chi connectivity index (χ0n) is 12.4. The molecule has 0 aliphatic heterocycles. The van der Waals surface area contributed by atoms with E-state index in [1.165, 1.54) is 0 Å². The Morgan fingerprint density at radius 2 is 2.05 bits per heavy atom. The minimum atomic E-state index is -0.0438. The van der Waals surface area contributed by atoms with Crippen LogP contribution in [0.3, 0.4) is 0 Å². The number of aryl methyl sites for hydroxylation is 1. The van der Waals surface area contributed by atoms with Gasteiger partial charge in [0.05, 0.1) is 10.7 Å². The Morgan fingerprint density at radius 1 is 1.27 bits per heavy atom. The summed E-state index contributed by atoms with van der Waals surface area (Å²) in [5.74, 6) is 0.443. The summed E-state index contributed by atoms with van der Waals surface area (Å²) in [6.07, 6.45) is 2.50. The van der Waals surface area contributed by atoms with Crippen molar-refractivity contribution in [2.45, 2.75) is 13.3 Å². The molecular formula is C17H16ClN3O. The zero-order chi connectivity index (χ0) is 15.9. The fourth-order valence-electron chi connectivity index (χ4n) is 2.72. The second-order valence-electron chi connectivity index (χ2n) is 5.25. The van der Waals surface area contributed by atoms with Crippen molar-refractivity contribution in [2.24, 2.45) is 7.05 Å². The first-order chi connectivity index (χ1) is 10.5. The summed E-state index contributed by atoms with van der Waals surface area (Å²) < 4.78 is 1.65. The number of nitrogens with two attached hydrogens (primary N) is 1. The Kier molecular flexibility index (Phi) is 3.62. The standard InChI is InChI=1S/C17H16ClN3O/c1-3-10-4-5-16(22)21(2)17(10)12-6-11-8-15(19)20-9-13(11)14(18)7-12/h4-9H,3H2,1-2H3,(H2,19,20). The molecule has 0 saturated heterocycles. The fourth-order valence-corrected chi connectivity index (χ4v) is 3.00. The van der Waals surface area contributed by atoms with E-state index in [-0.39, 0.29) is 5.56 Å². The van der Waals surface area contributed by atoms with Gasteiger partial charge in [-0.05, 0) is 35.6 Å². The van der Waals surface area contributed by atoms with E-state index < -0.39 is 0 Å². The molecule has 22 heavy (non-hydrogen) atoms. The second-order valence-corrected chi connectivity index (χ2v) is 5.65. The first-order valence-electron chi connectivity index (χ1n) is 7.05. The summed E-state index contributed by atoms with van der Waals surface area (Å²) >= 11 is 6.38. The summed E-state index contributed by atoms with van der Waals surface area (Å²) in [7, 11) is 1.77. The predicted octanol–water partition coefficient (Wildman–Crippen LogP) is 3.40. The number of pyridine rings is 2. The molecule has 5 heteroatoms. The molecule has 0 bridgehead atoms.